The number of nitrogens with one attached hydrogen (secondary N) is 1. The standard InChI is InChI=1S/C5H10FN/c1-4-2-5(6)3-7-4/h4-5,7H,2-3H2,1H3/t4?,5-/m1/s1. The van der Waals surface area contributed by atoms with Crippen molar-refractivity contribution in [1.82, 2.24) is 5.32 Å². The second-order valence-corrected chi connectivity index (χ2v) is 2.14. The minimum atomic E-state index is -0.588. The normalized spacial score (nSPS) is 42.0. The number of rotatable bonds is 0. The highest BCUT2D eigenvalue weighted by atomic mass is 19.1. The van der Waals surface area contributed by atoms with E-state index in [1.165, 1.54) is 0 Å². The van der Waals surface area contributed by atoms with Crippen LogP contribution < -0.4 is 5.32 Å². The van der Waals surface area contributed by atoms with Crippen molar-refractivity contribution in [3.63, 3.8) is 0 Å². The lowest BCUT2D eigenvalue weighted by atomic mass is 10.2. The zero-order valence-corrected chi connectivity index (χ0v) is 4.45. The summed E-state index contributed by atoms with van der Waals surface area (Å²) in [4.78, 5) is 0. The molecular formula is C5H10FN. The van der Waals surface area contributed by atoms with Gasteiger partial charge in [-0.3, -0.25) is 0 Å². The maximum absolute atomic E-state index is 12.1. The van der Waals surface area contributed by atoms with E-state index in [9.17, 15) is 4.39 Å². The lowest BCUT2D eigenvalue weighted by Crippen LogP contribution is -2.16. The maximum atomic E-state index is 12.1. The van der Waals surface area contributed by atoms with Crippen LogP contribution in [0, 0.1) is 0 Å². The van der Waals surface area contributed by atoms with Gasteiger partial charge in [0.1, 0.15) is 6.17 Å². The molecule has 0 radical (unpaired) electrons. The number of alkyl halides is 1. The molecule has 1 fully saturated rings. The third-order valence-electron chi connectivity index (χ3n) is 1.30. The Morgan fingerprint density at radius 3 is 2.57 bits per heavy atom. The van der Waals surface area contributed by atoms with Gasteiger partial charge in [0.15, 0.2) is 0 Å². The van der Waals surface area contributed by atoms with E-state index in [-0.39, 0.29) is 0 Å². The smallest absolute Gasteiger partial charge is 0.114 e. The SMILES string of the molecule is CC1C[C@@H](F)CN1. The molecule has 0 aromatic carbocycles. The first kappa shape index (κ1) is 5.04. The third-order valence-corrected chi connectivity index (χ3v) is 1.30. The van der Waals surface area contributed by atoms with Crippen molar-refractivity contribution in [3.05, 3.63) is 0 Å². The quantitative estimate of drug-likeness (QED) is 0.476. The molecule has 0 spiro atoms. The summed E-state index contributed by atoms with van der Waals surface area (Å²) in [6.07, 6.45) is 0.106. The molecule has 0 bridgehead atoms. The van der Waals surface area contributed by atoms with Crippen molar-refractivity contribution >= 4 is 0 Å². The highest BCUT2D eigenvalue weighted by Gasteiger charge is 2.18. The first-order valence-corrected chi connectivity index (χ1v) is 2.66. The van der Waals surface area contributed by atoms with Crippen molar-refractivity contribution in [2.45, 2.75) is 25.6 Å². The average Bonchev–Trinajstić information content (AvgIpc) is 1.87. The molecule has 1 aliphatic rings. The molecule has 0 aliphatic carbocycles. The molecule has 7 heavy (non-hydrogen) atoms. The topological polar surface area (TPSA) is 12.0 Å². The van der Waals surface area contributed by atoms with E-state index in [0.717, 1.165) is 0 Å². The largest absolute Gasteiger partial charge is 0.311 e. The zero-order chi connectivity index (χ0) is 5.28. The molecule has 0 saturated carbocycles. The van der Waals surface area contributed by atoms with Crippen LogP contribution in [-0.4, -0.2) is 18.8 Å². The van der Waals surface area contributed by atoms with E-state index in [0.29, 0.717) is 19.0 Å². The highest BCUT2D eigenvalue weighted by molar-refractivity contribution is 4.76. The van der Waals surface area contributed by atoms with Gasteiger partial charge in [0.2, 0.25) is 0 Å². The summed E-state index contributed by atoms with van der Waals surface area (Å²) in [5.74, 6) is 0. The van der Waals surface area contributed by atoms with Crippen LogP contribution in [0.4, 0.5) is 4.39 Å². The molecule has 42 valence electrons. The van der Waals surface area contributed by atoms with Gasteiger partial charge in [-0.15, -0.1) is 0 Å². The molecule has 0 amide bonds. The molecule has 1 rings (SSSR count). The van der Waals surface area contributed by atoms with Crippen LogP contribution in [-0.2, 0) is 0 Å². The van der Waals surface area contributed by atoms with Gasteiger partial charge >= 0.3 is 0 Å². The maximum Gasteiger partial charge on any atom is 0.114 e. The van der Waals surface area contributed by atoms with Crippen molar-refractivity contribution in [1.29, 1.82) is 0 Å². The first-order chi connectivity index (χ1) is 3.29. The molecule has 0 aromatic heterocycles. The van der Waals surface area contributed by atoms with Gasteiger partial charge in [-0.05, 0) is 13.3 Å². The number of hydrogen-bond acceptors (Lipinski definition) is 1. The zero-order valence-electron chi connectivity index (χ0n) is 4.45. The Hall–Kier alpha value is -0.110. The molecule has 1 N–H and O–H groups in total. The van der Waals surface area contributed by atoms with Crippen molar-refractivity contribution in [2.24, 2.45) is 0 Å². The Bertz CT molecular complexity index is 57.1. The summed E-state index contributed by atoms with van der Waals surface area (Å²) >= 11 is 0. The van der Waals surface area contributed by atoms with Crippen LogP contribution in [0.15, 0.2) is 0 Å². The molecule has 1 heterocycles. The summed E-state index contributed by atoms with van der Waals surface area (Å²) in [5.41, 5.74) is 0. The molecule has 0 aromatic rings. The average molecular weight is 103 g/mol. The Labute approximate surface area is 42.9 Å². The summed E-state index contributed by atoms with van der Waals surface area (Å²) in [7, 11) is 0. The van der Waals surface area contributed by atoms with Crippen molar-refractivity contribution in [3.8, 4) is 0 Å². The molecule has 2 heteroatoms. The van der Waals surface area contributed by atoms with Gasteiger partial charge in [0, 0.05) is 12.6 Å². The summed E-state index contributed by atoms with van der Waals surface area (Å²) < 4.78 is 12.1. The van der Waals surface area contributed by atoms with Crippen molar-refractivity contribution in [2.75, 3.05) is 6.54 Å². The molecular weight excluding hydrogens is 93.1 g/mol. The molecule has 1 saturated heterocycles. The highest BCUT2D eigenvalue weighted by Crippen LogP contribution is 2.07. The second-order valence-electron chi connectivity index (χ2n) is 2.14. The Morgan fingerprint density at radius 2 is 2.43 bits per heavy atom. The molecule has 1 nitrogen and oxygen atoms in total. The van der Waals surface area contributed by atoms with Gasteiger partial charge in [-0.1, -0.05) is 0 Å². The van der Waals surface area contributed by atoms with E-state index in [2.05, 4.69) is 5.32 Å². The minimum absolute atomic E-state index is 0.398. The third kappa shape index (κ3) is 1.13. The van der Waals surface area contributed by atoms with E-state index >= 15 is 0 Å². The van der Waals surface area contributed by atoms with Gasteiger partial charge in [-0.2, -0.15) is 0 Å². The molecule has 1 aliphatic heterocycles. The van der Waals surface area contributed by atoms with E-state index in [1.54, 1.807) is 0 Å². The fourth-order valence-corrected chi connectivity index (χ4v) is 0.879. The van der Waals surface area contributed by atoms with Crippen LogP contribution in [0.2, 0.25) is 0 Å². The second kappa shape index (κ2) is 1.78. The summed E-state index contributed by atoms with van der Waals surface area (Å²) in [5, 5.41) is 2.99. The Kier molecular flexibility index (Phi) is 1.28. The van der Waals surface area contributed by atoms with Crippen LogP contribution >= 0.6 is 0 Å². The van der Waals surface area contributed by atoms with Gasteiger partial charge in [0.25, 0.3) is 0 Å². The van der Waals surface area contributed by atoms with Crippen LogP contribution in [0.3, 0.4) is 0 Å². The predicted octanol–water partition coefficient (Wildman–Crippen LogP) is 0.706. The molecule has 2 atom stereocenters. The first-order valence-electron chi connectivity index (χ1n) is 2.66. The fourth-order valence-electron chi connectivity index (χ4n) is 0.879. The lowest BCUT2D eigenvalue weighted by Gasteiger charge is -1.94. The van der Waals surface area contributed by atoms with Gasteiger partial charge in [0.05, 0.1) is 0 Å². The minimum Gasteiger partial charge on any atom is -0.311 e. The summed E-state index contributed by atoms with van der Waals surface area (Å²) in [6, 6.07) is 0.398. The summed E-state index contributed by atoms with van der Waals surface area (Å²) in [6.45, 7) is 2.56. The van der Waals surface area contributed by atoms with Gasteiger partial charge < -0.3 is 5.32 Å². The predicted molar refractivity (Wildman–Crippen MR) is 27.0 cm³/mol. The number of hydrogen-bond donors (Lipinski definition) is 1. The van der Waals surface area contributed by atoms with Crippen LogP contribution in [0.25, 0.3) is 0 Å². The fraction of sp³-hybridized carbons (Fsp3) is 1.00. The van der Waals surface area contributed by atoms with E-state index in [1.807, 2.05) is 6.92 Å². The Morgan fingerprint density at radius 1 is 1.71 bits per heavy atom. The van der Waals surface area contributed by atoms with Crippen LogP contribution in [0.1, 0.15) is 13.3 Å². The lowest BCUT2D eigenvalue weighted by molar-refractivity contribution is 0.357. The van der Waals surface area contributed by atoms with E-state index in [4.69, 9.17) is 0 Å². The Balaban J connectivity index is 2.26. The monoisotopic (exact) mass is 103 g/mol. The molecule has 1 unspecified atom stereocenters. The van der Waals surface area contributed by atoms with Crippen LogP contribution in [0.5, 0.6) is 0 Å². The van der Waals surface area contributed by atoms with Crippen molar-refractivity contribution < 1.29 is 4.39 Å². The van der Waals surface area contributed by atoms with E-state index < -0.39 is 6.17 Å². The van der Waals surface area contributed by atoms with Gasteiger partial charge in [-0.25, -0.2) is 4.39 Å². The number of halogens is 1.